The van der Waals surface area contributed by atoms with Gasteiger partial charge in [0.25, 0.3) is 0 Å². The van der Waals surface area contributed by atoms with Gasteiger partial charge in [0.15, 0.2) is 0 Å². The topological polar surface area (TPSA) is 50.8 Å². The summed E-state index contributed by atoms with van der Waals surface area (Å²) in [6.45, 7) is 8.04. The molecular formula is C18H28N2O3. The number of carbonyl (C=O) groups is 1. The number of hydrogen-bond acceptors (Lipinski definition) is 4. The van der Waals surface area contributed by atoms with Gasteiger partial charge in [0, 0.05) is 19.1 Å². The number of carbonyl (C=O) groups excluding carboxylic acids is 1. The molecule has 128 valence electrons. The van der Waals surface area contributed by atoms with E-state index in [1.165, 1.54) is 5.56 Å². The lowest BCUT2D eigenvalue weighted by Gasteiger charge is -2.24. The van der Waals surface area contributed by atoms with Crippen molar-refractivity contribution in [2.45, 2.75) is 45.3 Å². The van der Waals surface area contributed by atoms with Crippen LogP contribution in [-0.4, -0.2) is 49.4 Å². The Hall–Kier alpha value is -1.75. The molecule has 1 amide bonds. The minimum atomic E-state index is -0.436. The molecule has 1 unspecified atom stereocenters. The molecule has 5 heteroatoms. The molecule has 1 aliphatic heterocycles. The molecule has 1 heterocycles. The standard InChI is InChI=1S/C18H28N2O3/c1-18(2,3)23-17(21)20-11-9-15(13-20)19-10-8-14-6-5-7-16(12-14)22-4/h5-7,12,15,19H,8-11,13H2,1-4H3. The summed E-state index contributed by atoms with van der Waals surface area (Å²) in [5.41, 5.74) is 0.813. The highest BCUT2D eigenvalue weighted by Gasteiger charge is 2.29. The fraction of sp³-hybridized carbons (Fsp3) is 0.611. The Balaban J connectivity index is 1.72. The van der Waals surface area contributed by atoms with Crippen LogP contribution < -0.4 is 10.1 Å². The molecule has 1 atom stereocenters. The van der Waals surface area contributed by atoms with Crippen LogP contribution in [0.15, 0.2) is 24.3 Å². The molecule has 0 saturated carbocycles. The highest BCUT2D eigenvalue weighted by molar-refractivity contribution is 5.68. The lowest BCUT2D eigenvalue weighted by atomic mass is 10.1. The molecule has 0 radical (unpaired) electrons. The van der Waals surface area contributed by atoms with Crippen LogP contribution in [0.1, 0.15) is 32.8 Å². The number of amides is 1. The molecule has 0 bridgehead atoms. The van der Waals surface area contributed by atoms with Gasteiger partial charge in [-0.2, -0.15) is 0 Å². The van der Waals surface area contributed by atoms with Gasteiger partial charge in [-0.25, -0.2) is 4.79 Å². The van der Waals surface area contributed by atoms with Crippen molar-refractivity contribution in [2.75, 3.05) is 26.7 Å². The Kier molecular flexibility index (Phi) is 5.88. The Morgan fingerprint density at radius 1 is 1.39 bits per heavy atom. The van der Waals surface area contributed by atoms with Gasteiger partial charge in [-0.3, -0.25) is 0 Å². The monoisotopic (exact) mass is 320 g/mol. The second-order valence-electron chi connectivity index (χ2n) is 6.97. The van der Waals surface area contributed by atoms with Crippen molar-refractivity contribution < 1.29 is 14.3 Å². The van der Waals surface area contributed by atoms with E-state index in [0.717, 1.165) is 31.7 Å². The molecule has 23 heavy (non-hydrogen) atoms. The van der Waals surface area contributed by atoms with Crippen molar-refractivity contribution in [2.24, 2.45) is 0 Å². The van der Waals surface area contributed by atoms with Gasteiger partial charge in [0.2, 0.25) is 0 Å². The number of ether oxygens (including phenoxy) is 2. The molecule has 0 aromatic heterocycles. The molecule has 1 N–H and O–H groups in total. The minimum absolute atomic E-state index is 0.213. The van der Waals surface area contributed by atoms with Crippen LogP contribution in [0.4, 0.5) is 4.79 Å². The Bertz CT molecular complexity index is 525. The third kappa shape index (κ3) is 5.75. The lowest BCUT2D eigenvalue weighted by molar-refractivity contribution is 0.0291. The van der Waals surface area contributed by atoms with E-state index in [2.05, 4.69) is 17.4 Å². The Labute approximate surface area is 139 Å². The number of nitrogens with zero attached hydrogens (tertiary/aromatic N) is 1. The maximum Gasteiger partial charge on any atom is 0.410 e. The average molecular weight is 320 g/mol. The van der Waals surface area contributed by atoms with Gasteiger partial charge in [-0.1, -0.05) is 12.1 Å². The van der Waals surface area contributed by atoms with Crippen LogP contribution in [0.3, 0.4) is 0 Å². The van der Waals surface area contributed by atoms with E-state index >= 15 is 0 Å². The van der Waals surface area contributed by atoms with Gasteiger partial charge in [0.05, 0.1) is 7.11 Å². The van der Waals surface area contributed by atoms with Crippen LogP contribution in [0.2, 0.25) is 0 Å². The molecule has 1 saturated heterocycles. The maximum absolute atomic E-state index is 12.0. The summed E-state index contributed by atoms with van der Waals surface area (Å²) in [6, 6.07) is 8.46. The zero-order valence-corrected chi connectivity index (χ0v) is 14.6. The van der Waals surface area contributed by atoms with Gasteiger partial charge in [-0.15, -0.1) is 0 Å². The van der Waals surface area contributed by atoms with Gasteiger partial charge < -0.3 is 19.7 Å². The van der Waals surface area contributed by atoms with Crippen LogP contribution in [0, 0.1) is 0 Å². The molecule has 1 fully saturated rings. The fourth-order valence-electron chi connectivity index (χ4n) is 2.67. The van der Waals surface area contributed by atoms with E-state index in [4.69, 9.17) is 9.47 Å². The smallest absolute Gasteiger partial charge is 0.410 e. The SMILES string of the molecule is COc1cccc(CCNC2CCN(C(=O)OC(C)(C)C)C2)c1. The van der Waals surface area contributed by atoms with Crippen LogP contribution in [-0.2, 0) is 11.2 Å². The molecular weight excluding hydrogens is 292 g/mol. The highest BCUT2D eigenvalue weighted by Crippen LogP contribution is 2.16. The van der Waals surface area contributed by atoms with E-state index < -0.39 is 5.60 Å². The molecule has 1 aromatic carbocycles. The van der Waals surface area contributed by atoms with E-state index in [1.807, 2.05) is 32.9 Å². The highest BCUT2D eigenvalue weighted by atomic mass is 16.6. The minimum Gasteiger partial charge on any atom is -0.497 e. The maximum atomic E-state index is 12.0. The normalized spacial score (nSPS) is 18.1. The Morgan fingerprint density at radius 3 is 2.87 bits per heavy atom. The first kappa shape index (κ1) is 17.6. The van der Waals surface area contributed by atoms with Crippen LogP contribution in [0.5, 0.6) is 5.75 Å². The number of benzene rings is 1. The summed E-state index contributed by atoms with van der Waals surface area (Å²) in [5, 5.41) is 3.52. The zero-order chi connectivity index (χ0) is 16.9. The summed E-state index contributed by atoms with van der Waals surface area (Å²) in [4.78, 5) is 13.8. The van der Waals surface area contributed by atoms with Gasteiger partial charge in [0.1, 0.15) is 11.4 Å². The Morgan fingerprint density at radius 2 is 2.17 bits per heavy atom. The average Bonchev–Trinajstić information content (AvgIpc) is 2.95. The predicted molar refractivity (Wildman–Crippen MR) is 90.9 cm³/mol. The van der Waals surface area contributed by atoms with E-state index in [-0.39, 0.29) is 6.09 Å². The van der Waals surface area contributed by atoms with Crippen molar-refractivity contribution in [3.8, 4) is 5.75 Å². The second-order valence-corrected chi connectivity index (χ2v) is 6.97. The molecule has 0 aliphatic carbocycles. The summed E-state index contributed by atoms with van der Waals surface area (Å²) in [7, 11) is 1.68. The van der Waals surface area contributed by atoms with E-state index in [1.54, 1.807) is 12.0 Å². The summed E-state index contributed by atoms with van der Waals surface area (Å²) in [5.74, 6) is 0.888. The first-order chi connectivity index (χ1) is 10.9. The molecule has 1 aromatic rings. The summed E-state index contributed by atoms with van der Waals surface area (Å²) < 4.78 is 10.7. The van der Waals surface area contributed by atoms with Crippen molar-refractivity contribution in [1.29, 1.82) is 0 Å². The van der Waals surface area contributed by atoms with E-state index in [9.17, 15) is 4.79 Å². The van der Waals surface area contributed by atoms with Crippen molar-refractivity contribution >= 4 is 6.09 Å². The third-order valence-corrected chi connectivity index (χ3v) is 3.82. The summed E-state index contributed by atoms with van der Waals surface area (Å²) >= 11 is 0. The van der Waals surface area contributed by atoms with Crippen LogP contribution in [0.25, 0.3) is 0 Å². The molecule has 1 aliphatic rings. The number of likely N-dealkylation sites (tertiary alicyclic amines) is 1. The largest absolute Gasteiger partial charge is 0.497 e. The van der Waals surface area contributed by atoms with Gasteiger partial charge >= 0.3 is 6.09 Å². The quantitative estimate of drug-likeness (QED) is 0.906. The number of rotatable bonds is 5. The molecule has 0 spiro atoms. The second kappa shape index (κ2) is 7.68. The number of hydrogen-bond donors (Lipinski definition) is 1. The van der Waals surface area contributed by atoms with Crippen molar-refractivity contribution in [3.05, 3.63) is 29.8 Å². The number of methoxy groups -OCH3 is 1. The van der Waals surface area contributed by atoms with E-state index in [0.29, 0.717) is 12.6 Å². The van der Waals surface area contributed by atoms with Crippen molar-refractivity contribution in [1.82, 2.24) is 10.2 Å². The fourth-order valence-corrected chi connectivity index (χ4v) is 2.67. The number of nitrogens with one attached hydrogen (secondary N) is 1. The van der Waals surface area contributed by atoms with Crippen molar-refractivity contribution in [3.63, 3.8) is 0 Å². The molecule has 2 rings (SSSR count). The third-order valence-electron chi connectivity index (χ3n) is 3.82. The first-order valence-electron chi connectivity index (χ1n) is 8.21. The van der Waals surface area contributed by atoms with Gasteiger partial charge in [-0.05, 0) is 57.9 Å². The van der Waals surface area contributed by atoms with Crippen LogP contribution >= 0.6 is 0 Å². The first-order valence-corrected chi connectivity index (χ1v) is 8.21. The zero-order valence-electron chi connectivity index (χ0n) is 14.6. The summed E-state index contributed by atoms with van der Waals surface area (Å²) in [6.07, 6.45) is 1.70. The lowest BCUT2D eigenvalue weighted by Crippen LogP contribution is -2.38. The predicted octanol–water partition coefficient (Wildman–Crippen LogP) is 2.84. The molecule has 5 nitrogen and oxygen atoms in total.